The van der Waals surface area contributed by atoms with E-state index in [0.29, 0.717) is 34.1 Å². The third kappa shape index (κ3) is 7.56. The molecular weight excluding hydrogens is 569 g/mol. The molecular formula is C30H35Cl2N3O4S. The second kappa shape index (κ2) is 14.0. The minimum absolute atomic E-state index is 0.0528. The molecule has 2 amide bonds. The summed E-state index contributed by atoms with van der Waals surface area (Å²) in [6, 6.07) is 18.9. The van der Waals surface area contributed by atoms with Crippen LogP contribution in [0.4, 0.5) is 5.69 Å². The fourth-order valence-corrected chi connectivity index (χ4v) is 6.11. The van der Waals surface area contributed by atoms with Crippen LogP contribution in [0.1, 0.15) is 44.7 Å². The average molecular weight is 605 g/mol. The molecule has 0 bridgehead atoms. The van der Waals surface area contributed by atoms with Crippen molar-refractivity contribution in [1.29, 1.82) is 0 Å². The molecule has 3 aromatic rings. The Kier molecular flexibility index (Phi) is 11.0. The monoisotopic (exact) mass is 603 g/mol. The maximum Gasteiger partial charge on any atom is 0.264 e. The summed E-state index contributed by atoms with van der Waals surface area (Å²) in [4.78, 5) is 28.9. The first-order valence-electron chi connectivity index (χ1n) is 13.2. The SMILES string of the molecule is CC[C@H](C)NC(=O)[C@H](CC)N(Cc1c(Cl)cccc1Cl)C(=O)CN(c1ccccc1)S(=O)(=O)c1ccc(C)cc1. The Morgan fingerprint density at radius 2 is 1.48 bits per heavy atom. The Bertz CT molecular complexity index is 1400. The van der Waals surface area contributed by atoms with Crippen LogP contribution in [0.25, 0.3) is 0 Å². The number of amides is 2. The summed E-state index contributed by atoms with van der Waals surface area (Å²) in [6.07, 6.45) is 1.01. The molecule has 7 nitrogen and oxygen atoms in total. The minimum atomic E-state index is -4.13. The molecule has 0 spiro atoms. The van der Waals surface area contributed by atoms with Gasteiger partial charge in [-0.3, -0.25) is 13.9 Å². The van der Waals surface area contributed by atoms with E-state index < -0.39 is 28.5 Å². The van der Waals surface area contributed by atoms with Crippen LogP contribution in [0.15, 0.2) is 77.7 Å². The predicted octanol–water partition coefficient (Wildman–Crippen LogP) is 6.22. The molecule has 0 saturated heterocycles. The van der Waals surface area contributed by atoms with Crippen molar-refractivity contribution in [2.75, 3.05) is 10.8 Å². The van der Waals surface area contributed by atoms with Gasteiger partial charge in [-0.15, -0.1) is 0 Å². The Labute approximate surface area is 247 Å². The van der Waals surface area contributed by atoms with Crippen molar-refractivity contribution in [3.63, 3.8) is 0 Å². The van der Waals surface area contributed by atoms with E-state index in [4.69, 9.17) is 23.2 Å². The molecule has 0 aromatic heterocycles. The van der Waals surface area contributed by atoms with Crippen LogP contribution < -0.4 is 9.62 Å². The lowest BCUT2D eigenvalue weighted by atomic mass is 10.1. The van der Waals surface area contributed by atoms with E-state index in [1.807, 2.05) is 20.8 Å². The van der Waals surface area contributed by atoms with Crippen molar-refractivity contribution in [1.82, 2.24) is 10.2 Å². The van der Waals surface area contributed by atoms with E-state index in [1.54, 1.807) is 67.6 Å². The molecule has 3 aromatic carbocycles. The minimum Gasteiger partial charge on any atom is -0.352 e. The zero-order chi connectivity index (χ0) is 29.4. The highest BCUT2D eigenvalue weighted by Crippen LogP contribution is 2.29. The van der Waals surface area contributed by atoms with Crippen molar-refractivity contribution in [2.24, 2.45) is 0 Å². The smallest absolute Gasteiger partial charge is 0.264 e. The van der Waals surface area contributed by atoms with Crippen LogP contribution in [-0.4, -0.2) is 43.8 Å². The summed E-state index contributed by atoms with van der Waals surface area (Å²) in [5.74, 6) is -0.900. The molecule has 214 valence electrons. The van der Waals surface area contributed by atoms with Crippen LogP contribution in [0, 0.1) is 6.92 Å². The van der Waals surface area contributed by atoms with Crippen molar-refractivity contribution in [2.45, 2.75) is 64.1 Å². The molecule has 0 radical (unpaired) electrons. The fraction of sp³-hybridized carbons (Fsp3) is 0.333. The number of carbonyl (C=O) groups is 2. The number of benzene rings is 3. The number of nitrogens with one attached hydrogen (secondary N) is 1. The van der Waals surface area contributed by atoms with Gasteiger partial charge in [0, 0.05) is 28.2 Å². The number of carbonyl (C=O) groups excluding carboxylic acids is 2. The lowest BCUT2D eigenvalue weighted by Gasteiger charge is -2.34. The van der Waals surface area contributed by atoms with Gasteiger partial charge in [0.2, 0.25) is 11.8 Å². The third-order valence-corrected chi connectivity index (χ3v) is 9.21. The molecule has 0 aliphatic carbocycles. The van der Waals surface area contributed by atoms with Gasteiger partial charge in [0.1, 0.15) is 12.6 Å². The number of halogens is 2. The van der Waals surface area contributed by atoms with Gasteiger partial charge in [0.25, 0.3) is 10.0 Å². The van der Waals surface area contributed by atoms with Crippen molar-refractivity contribution in [3.8, 4) is 0 Å². The van der Waals surface area contributed by atoms with Crippen LogP contribution in [0.2, 0.25) is 10.0 Å². The van der Waals surface area contributed by atoms with Gasteiger partial charge in [0.15, 0.2) is 0 Å². The largest absolute Gasteiger partial charge is 0.352 e. The lowest BCUT2D eigenvalue weighted by Crippen LogP contribution is -2.53. The van der Waals surface area contributed by atoms with E-state index in [9.17, 15) is 18.0 Å². The first-order valence-corrected chi connectivity index (χ1v) is 15.4. The second-order valence-electron chi connectivity index (χ2n) is 9.62. The normalized spacial score (nSPS) is 12.8. The number of rotatable bonds is 12. The molecule has 3 rings (SSSR count). The topological polar surface area (TPSA) is 86.8 Å². The molecule has 0 aliphatic rings. The first-order chi connectivity index (χ1) is 19.0. The van der Waals surface area contributed by atoms with Gasteiger partial charge in [-0.05, 0) is 63.1 Å². The maximum atomic E-state index is 14.1. The molecule has 40 heavy (non-hydrogen) atoms. The highest BCUT2D eigenvalue weighted by Gasteiger charge is 2.34. The molecule has 0 unspecified atom stereocenters. The summed E-state index contributed by atoms with van der Waals surface area (Å²) in [5, 5.41) is 3.63. The van der Waals surface area contributed by atoms with Crippen LogP contribution in [0.5, 0.6) is 0 Å². The number of hydrogen-bond acceptors (Lipinski definition) is 4. The van der Waals surface area contributed by atoms with Crippen LogP contribution in [-0.2, 0) is 26.2 Å². The van der Waals surface area contributed by atoms with E-state index in [0.717, 1.165) is 9.87 Å². The Morgan fingerprint density at radius 1 is 0.875 bits per heavy atom. The van der Waals surface area contributed by atoms with Crippen LogP contribution in [0.3, 0.4) is 0 Å². The van der Waals surface area contributed by atoms with E-state index in [2.05, 4.69) is 5.32 Å². The highest BCUT2D eigenvalue weighted by atomic mass is 35.5. The van der Waals surface area contributed by atoms with Crippen LogP contribution >= 0.6 is 23.2 Å². The number of aryl methyl sites for hydroxylation is 1. The molecule has 0 aliphatic heterocycles. The standard InChI is InChI=1S/C30H35Cl2N3O4S/c1-5-22(4)33-30(37)28(6-2)34(19-25-26(31)13-10-14-27(25)32)29(36)20-35(23-11-8-7-9-12-23)40(38,39)24-17-15-21(3)16-18-24/h7-18,22,28H,5-6,19-20H2,1-4H3,(H,33,37)/t22-,28-/m0/s1. The molecule has 1 N–H and O–H groups in total. The zero-order valence-electron chi connectivity index (χ0n) is 23.1. The Balaban J connectivity index is 2.07. The number of hydrogen-bond donors (Lipinski definition) is 1. The summed E-state index contributed by atoms with van der Waals surface area (Å²) in [7, 11) is -4.13. The third-order valence-electron chi connectivity index (χ3n) is 6.71. The fourth-order valence-electron chi connectivity index (χ4n) is 4.17. The Hall–Kier alpha value is -3.07. The van der Waals surface area contributed by atoms with E-state index in [1.165, 1.54) is 17.0 Å². The highest BCUT2D eigenvalue weighted by molar-refractivity contribution is 7.92. The lowest BCUT2D eigenvalue weighted by molar-refractivity contribution is -0.140. The summed E-state index contributed by atoms with van der Waals surface area (Å²) >= 11 is 12.9. The maximum absolute atomic E-state index is 14.1. The van der Waals surface area contributed by atoms with Crippen molar-refractivity contribution >= 4 is 50.7 Å². The van der Waals surface area contributed by atoms with Gasteiger partial charge in [-0.25, -0.2) is 8.42 Å². The molecule has 0 saturated carbocycles. The second-order valence-corrected chi connectivity index (χ2v) is 12.3. The molecule has 0 fully saturated rings. The number of sulfonamides is 1. The van der Waals surface area contributed by atoms with Crippen molar-refractivity contribution < 1.29 is 18.0 Å². The summed E-state index contributed by atoms with van der Waals surface area (Å²) < 4.78 is 28.8. The predicted molar refractivity (Wildman–Crippen MR) is 161 cm³/mol. The van der Waals surface area contributed by atoms with Crippen molar-refractivity contribution in [3.05, 3.63) is 94.0 Å². The molecule has 10 heteroatoms. The molecule has 2 atom stereocenters. The summed E-state index contributed by atoms with van der Waals surface area (Å²) in [6.45, 7) is 6.89. The zero-order valence-corrected chi connectivity index (χ0v) is 25.4. The first kappa shape index (κ1) is 31.5. The van der Waals surface area contributed by atoms with E-state index in [-0.39, 0.29) is 23.4 Å². The molecule has 0 heterocycles. The number of para-hydroxylation sites is 1. The van der Waals surface area contributed by atoms with Gasteiger partial charge in [-0.2, -0.15) is 0 Å². The van der Waals surface area contributed by atoms with Gasteiger partial charge < -0.3 is 10.2 Å². The van der Waals surface area contributed by atoms with Gasteiger partial charge >= 0.3 is 0 Å². The van der Waals surface area contributed by atoms with Gasteiger partial charge in [-0.1, -0.05) is 79.0 Å². The average Bonchev–Trinajstić information content (AvgIpc) is 2.93. The van der Waals surface area contributed by atoms with Gasteiger partial charge in [0.05, 0.1) is 10.6 Å². The number of anilines is 1. The summed E-state index contributed by atoms with van der Waals surface area (Å²) in [5.41, 5.74) is 1.70. The van der Waals surface area contributed by atoms with E-state index >= 15 is 0 Å². The Morgan fingerprint density at radius 3 is 2.02 bits per heavy atom. The number of nitrogens with zero attached hydrogens (tertiary/aromatic N) is 2. The quantitative estimate of drug-likeness (QED) is 0.266.